The molecule has 0 radical (unpaired) electrons. The van der Waals surface area contributed by atoms with Crippen LogP contribution in [0.3, 0.4) is 0 Å². The Hall–Kier alpha value is -2.04. The zero-order valence-electron chi connectivity index (χ0n) is 11.9. The van der Waals surface area contributed by atoms with Gasteiger partial charge in [0.15, 0.2) is 0 Å². The second-order valence-electron chi connectivity index (χ2n) is 5.34. The van der Waals surface area contributed by atoms with Gasteiger partial charge in [0.05, 0.1) is 6.54 Å². The highest BCUT2D eigenvalue weighted by atomic mass is 16.5. The fourth-order valence-corrected chi connectivity index (χ4v) is 2.63. The van der Waals surface area contributed by atoms with Gasteiger partial charge in [0.1, 0.15) is 11.4 Å². The number of amides is 3. The van der Waals surface area contributed by atoms with Crippen molar-refractivity contribution in [3.63, 3.8) is 0 Å². The number of hydrogen-bond donors (Lipinski definition) is 1. The van der Waals surface area contributed by atoms with E-state index in [1.165, 1.54) is 4.90 Å². The topological polar surface area (TPSA) is 58.6 Å². The van der Waals surface area contributed by atoms with E-state index in [0.717, 1.165) is 0 Å². The third kappa shape index (κ3) is 2.76. The van der Waals surface area contributed by atoms with E-state index in [1.807, 2.05) is 32.1 Å². The highest BCUT2D eigenvalue weighted by Gasteiger charge is 2.50. The summed E-state index contributed by atoms with van der Waals surface area (Å²) in [7, 11) is 0. The molecule has 2 fully saturated rings. The predicted molar refractivity (Wildman–Crippen MR) is 75.9 cm³/mol. The van der Waals surface area contributed by atoms with E-state index in [4.69, 9.17) is 4.74 Å². The molecule has 2 rings (SSSR count). The first kappa shape index (κ1) is 14.4. The van der Waals surface area contributed by atoms with Crippen LogP contribution in [-0.4, -0.2) is 35.0 Å². The molecule has 2 aliphatic rings. The van der Waals surface area contributed by atoms with Gasteiger partial charge in [-0.3, -0.25) is 9.69 Å². The zero-order chi connectivity index (χ0) is 14.8. The molecule has 0 aromatic heterocycles. The van der Waals surface area contributed by atoms with Crippen molar-refractivity contribution in [2.75, 3.05) is 6.54 Å². The summed E-state index contributed by atoms with van der Waals surface area (Å²) in [4.78, 5) is 24.5. The Labute approximate surface area is 119 Å². The Kier molecular flexibility index (Phi) is 3.97. The molecule has 20 heavy (non-hydrogen) atoms. The average molecular weight is 276 g/mol. The van der Waals surface area contributed by atoms with Gasteiger partial charge in [-0.05, 0) is 26.0 Å². The van der Waals surface area contributed by atoms with Gasteiger partial charge in [-0.25, -0.2) is 4.79 Å². The van der Waals surface area contributed by atoms with E-state index in [-0.39, 0.29) is 30.1 Å². The molecule has 5 heteroatoms. The zero-order valence-corrected chi connectivity index (χ0v) is 11.9. The van der Waals surface area contributed by atoms with Crippen LogP contribution in [0.2, 0.25) is 0 Å². The van der Waals surface area contributed by atoms with E-state index in [2.05, 4.69) is 11.9 Å². The van der Waals surface area contributed by atoms with Crippen LogP contribution in [0.1, 0.15) is 26.7 Å². The van der Waals surface area contributed by atoms with Crippen molar-refractivity contribution in [2.24, 2.45) is 0 Å². The molecular weight excluding hydrogens is 256 g/mol. The van der Waals surface area contributed by atoms with Gasteiger partial charge in [-0.2, -0.15) is 0 Å². The van der Waals surface area contributed by atoms with Gasteiger partial charge in [0, 0.05) is 18.9 Å². The normalized spacial score (nSPS) is 30.4. The number of nitrogens with one attached hydrogen (secondary N) is 1. The summed E-state index contributed by atoms with van der Waals surface area (Å²) in [6.07, 6.45) is 8.59. The molecule has 1 saturated heterocycles. The van der Waals surface area contributed by atoms with Crippen molar-refractivity contribution in [1.82, 2.24) is 10.2 Å². The first-order valence-electron chi connectivity index (χ1n) is 6.73. The van der Waals surface area contributed by atoms with E-state index in [9.17, 15) is 9.59 Å². The van der Waals surface area contributed by atoms with E-state index in [1.54, 1.807) is 6.08 Å². The molecule has 1 heterocycles. The second kappa shape index (κ2) is 5.53. The van der Waals surface area contributed by atoms with Crippen molar-refractivity contribution in [3.05, 3.63) is 36.6 Å². The highest BCUT2D eigenvalue weighted by molar-refractivity contribution is 6.02. The summed E-state index contributed by atoms with van der Waals surface area (Å²) in [6, 6.07) is -0.363. The predicted octanol–water partition coefficient (Wildman–Crippen LogP) is 2.12. The van der Waals surface area contributed by atoms with Crippen molar-refractivity contribution in [2.45, 2.75) is 38.3 Å². The molecular formula is C15H20N2O3. The minimum atomic E-state index is -0.352. The van der Waals surface area contributed by atoms with Gasteiger partial charge in [-0.15, -0.1) is 0 Å². The SMILES string of the molecule is C=C/C(=C\C=C/C)OC1(C)CC(N2C(=O)CNC2=O)C1. The molecule has 108 valence electrons. The molecule has 0 bridgehead atoms. The quantitative estimate of drug-likeness (QED) is 0.475. The standard InChI is InChI=1S/C15H20N2O3/c1-4-6-7-12(5-2)20-15(3)8-11(9-15)17-13(18)10-16-14(17)19/h4-7,11H,2,8-10H2,1,3H3,(H,16,19)/b6-4-,12-7+. The number of imide groups is 1. The lowest BCUT2D eigenvalue weighted by molar-refractivity contribution is -0.135. The van der Waals surface area contributed by atoms with Crippen LogP contribution in [-0.2, 0) is 9.53 Å². The van der Waals surface area contributed by atoms with Gasteiger partial charge in [0.25, 0.3) is 0 Å². The van der Waals surface area contributed by atoms with Gasteiger partial charge in [0.2, 0.25) is 5.91 Å². The Morgan fingerprint density at radius 3 is 2.70 bits per heavy atom. The van der Waals surface area contributed by atoms with Crippen LogP contribution in [0.5, 0.6) is 0 Å². The maximum atomic E-state index is 11.6. The van der Waals surface area contributed by atoms with E-state index < -0.39 is 0 Å². The lowest BCUT2D eigenvalue weighted by atomic mass is 9.76. The molecule has 0 spiro atoms. The molecule has 5 nitrogen and oxygen atoms in total. The fraction of sp³-hybridized carbons (Fsp3) is 0.467. The summed E-state index contributed by atoms with van der Waals surface area (Å²) in [5, 5.41) is 2.54. The summed E-state index contributed by atoms with van der Waals surface area (Å²) in [6.45, 7) is 7.73. The molecule has 1 N–H and O–H groups in total. The number of rotatable bonds is 5. The summed E-state index contributed by atoms with van der Waals surface area (Å²) >= 11 is 0. The second-order valence-corrected chi connectivity index (χ2v) is 5.34. The first-order chi connectivity index (χ1) is 9.49. The number of carbonyl (C=O) groups excluding carboxylic acids is 2. The summed E-state index contributed by atoms with van der Waals surface area (Å²) in [5.74, 6) is 0.539. The molecule has 0 unspecified atom stereocenters. The van der Waals surface area contributed by atoms with Crippen LogP contribution in [0, 0.1) is 0 Å². The third-order valence-electron chi connectivity index (χ3n) is 3.60. The number of allylic oxidation sites excluding steroid dienone is 4. The van der Waals surface area contributed by atoms with Gasteiger partial charge >= 0.3 is 6.03 Å². The van der Waals surface area contributed by atoms with Gasteiger partial charge < -0.3 is 10.1 Å². The van der Waals surface area contributed by atoms with Crippen molar-refractivity contribution in [3.8, 4) is 0 Å². The Balaban J connectivity index is 1.95. The first-order valence-corrected chi connectivity index (χ1v) is 6.73. The number of hydrogen-bond acceptors (Lipinski definition) is 3. The molecule has 1 saturated carbocycles. The molecule has 3 amide bonds. The minimum Gasteiger partial charge on any atom is -0.487 e. The van der Waals surface area contributed by atoms with Crippen LogP contribution < -0.4 is 5.32 Å². The maximum Gasteiger partial charge on any atom is 0.324 e. The van der Waals surface area contributed by atoms with E-state index in [0.29, 0.717) is 18.6 Å². The van der Waals surface area contributed by atoms with Crippen molar-refractivity contribution < 1.29 is 14.3 Å². The number of nitrogens with zero attached hydrogens (tertiary/aromatic N) is 1. The summed E-state index contributed by atoms with van der Waals surface area (Å²) in [5.41, 5.74) is -0.352. The monoisotopic (exact) mass is 276 g/mol. The molecule has 0 aromatic carbocycles. The largest absolute Gasteiger partial charge is 0.487 e. The van der Waals surface area contributed by atoms with Crippen LogP contribution in [0.15, 0.2) is 36.6 Å². The van der Waals surface area contributed by atoms with E-state index >= 15 is 0 Å². The van der Waals surface area contributed by atoms with Crippen LogP contribution in [0.25, 0.3) is 0 Å². The van der Waals surface area contributed by atoms with Crippen molar-refractivity contribution in [1.29, 1.82) is 0 Å². The smallest absolute Gasteiger partial charge is 0.324 e. The lowest BCUT2D eigenvalue weighted by Crippen LogP contribution is -2.56. The molecule has 0 aromatic rings. The number of carbonyl (C=O) groups is 2. The number of ether oxygens (including phenoxy) is 1. The van der Waals surface area contributed by atoms with Gasteiger partial charge in [-0.1, -0.05) is 18.7 Å². The molecule has 0 atom stereocenters. The Morgan fingerprint density at radius 2 is 2.20 bits per heavy atom. The van der Waals surface area contributed by atoms with Crippen molar-refractivity contribution >= 4 is 11.9 Å². The Bertz CT molecular complexity index is 471. The third-order valence-corrected chi connectivity index (χ3v) is 3.60. The minimum absolute atomic E-state index is 0.0669. The number of urea groups is 1. The average Bonchev–Trinajstić information content (AvgIpc) is 2.71. The fourth-order valence-electron chi connectivity index (χ4n) is 2.63. The maximum absolute atomic E-state index is 11.6. The summed E-state index contributed by atoms with van der Waals surface area (Å²) < 4.78 is 5.91. The molecule has 1 aliphatic heterocycles. The van der Waals surface area contributed by atoms with Crippen LogP contribution >= 0.6 is 0 Å². The van der Waals surface area contributed by atoms with Crippen LogP contribution in [0.4, 0.5) is 4.79 Å². The lowest BCUT2D eigenvalue weighted by Gasteiger charge is -2.47. The Morgan fingerprint density at radius 1 is 1.50 bits per heavy atom. The molecule has 1 aliphatic carbocycles. The highest BCUT2D eigenvalue weighted by Crippen LogP contribution is 2.40.